The zero-order chi connectivity index (χ0) is 10.5. The number of piperidine rings is 1. The van der Waals surface area contributed by atoms with Gasteiger partial charge in [0, 0.05) is 19.2 Å². The Morgan fingerprint density at radius 1 is 1.27 bits per heavy atom. The number of nitrogens with one attached hydrogen (secondary N) is 1. The normalized spacial score (nSPS) is 31.8. The molecule has 88 valence electrons. The highest BCUT2D eigenvalue weighted by Crippen LogP contribution is 2.26. The van der Waals surface area contributed by atoms with Crippen molar-refractivity contribution in [3.8, 4) is 0 Å². The first-order valence-electron chi connectivity index (χ1n) is 6.00. The van der Waals surface area contributed by atoms with E-state index in [0.29, 0.717) is 19.3 Å². The summed E-state index contributed by atoms with van der Waals surface area (Å²) >= 11 is 0. The average molecular weight is 214 g/mol. The van der Waals surface area contributed by atoms with E-state index in [1.165, 1.54) is 38.8 Å². The van der Waals surface area contributed by atoms with Crippen LogP contribution in [0.1, 0.15) is 25.7 Å². The molecule has 0 amide bonds. The van der Waals surface area contributed by atoms with Gasteiger partial charge in [0.2, 0.25) is 0 Å². The van der Waals surface area contributed by atoms with Crippen LogP contribution in [-0.4, -0.2) is 50.4 Å². The molecule has 2 fully saturated rings. The first-order valence-corrected chi connectivity index (χ1v) is 6.00. The number of ether oxygens (including phenoxy) is 1. The number of hydrogen-bond acceptors (Lipinski definition) is 4. The summed E-state index contributed by atoms with van der Waals surface area (Å²) in [4.78, 5) is 7.99. The maximum Gasteiger partial charge on any atom is 0.0915 e. The standard InChI is InChI=1S/C11H22N2O2/c1-14-7-8-15-12-10-4-6-13-5-2-3-11(13)9-10/h10-12H,2-9H2,1H3. The largest absolute Gasteiger partial charge is 0.382 e. The number of hydrogen-bond donors (Lipinski definition) is 1. The minimum Gasteiger partial charge on any atom is -0.382 e. The van der Waals surface area contributed by atoms with Crippen LogP contribution in [0.15, 0.2) is 0 Å². The Morgan fingerprint density at radius 3 is 3.07 bits per heavy atom. The minimum absolute atomic E-state index is 0.543. The fourth-order valence-electron chi connectivity index (χ4n) is 2.63. The molecule has 2 unspecified atom stereocenters. The van der Waals surface area contributed by atoms with Crippen molar-refractivity contribution in [1.29, 1.82) is 0 Å². The van der Waals surface area contributed by atoms with Crippen molar-refractivity contribution in [1.82, 2.24) is 10.4 Å². The summed E-state index contributed by atoms with van der Waals surface area (Å²) in [7, 11) is 1.69. The van der Waals surface area contributed by atoms with E-state index in [1.807, 2.05) is 0 Å². The molecule has 0 bridgehead atoms. The quantitative estimate of drug-likeness (QED) is 0.542. The van der Waals surface area contributed by atoms with Crippen molar-refractivity contribution in [2.45, 2.75) is 37.8 Å². The highest BCUT2D eigenvalue weighted by Gasteiger charge is 2.31. The third-order valence-corrected chi connectivity index (χ3v) is 3.46. The van der Waals surface area contributed by atoms with E-state index < -0.39 is 0 Å². The Hall–Kier alpha value is -0.160. The van der Waals surface area contributed by atoms with Gasteiger partial charge in [-0.15, -0.1) is 0 Å². The van der Waals surface area contributed by atoms with E-state index >= 15 is 0 Å². The second-order valence-electron chi connectivity index (χ2n) is 4.51. The summed E-state index contributed by atoms with van der Waals surface area (Å²) < 4.78 is 4.93. The van der Waals surface area contributed by atoms with Crippen molar-refractivity contribution in [3.05, 3.63) is 0 Å². The molecule has 2 aliphatic heterocycles. The molecule has 4 heteroatoms. The molecule has 4 nitrogen and oxygen atoms in total. The third kappa shape index (κ3) is 3.14. The maximum absolute atomic E-state index is 5.37. The average Bonchev–Trinajstić information content (AvgIpc) is 2.71. The Labute approximate surface area is 91.9 Å². The number of rotatable bonds is 5. The van der Waals surface area contributed by atoms with Crippen LogP contribution in [0.4, 0.5) is 0 Å². The molecule has 15 heavy (non-hydrogen) atoms. The van der Waals surface area contributed by atoms with Crippen LogP contribution in [0.25, 0.3) is 0 Å². The van der Waals surface area contributed by atoms with Crippen LogP contribution < -0.4 is 5.48 Å². The first kappa shape index (κ1) is 11.3. The second kappa shape index (κ2) is 5.80. The number of fused-ring (bicyclic) bond motifs is 1. The summed E-state index contributed by atoms with van der Waals surface area (Å²) in [5.41, 5.74) is 3.16. The van der Waals surface area contributed by atoms with Crippen LogP contribution in [0.2, 0.25) is 0 Å². The Kier molecular flexibility index (Phi) is 4.38. The van der Waals surface area contributed by atoms with Gasteiger partial charge in [-0.3, -0.25) is 4.84 Å². The summed E-state index contributed by atoms with van der Waals surface area (Å²) in [6.07, 6.45) is 5.20. The summed E-state index contributed by atoms with van der Waals surface area (Å²) in [5.74, 6) is 0. The van der Waals surface area contributed by atoms with Crippen LogP contribution in [-0.2, 0) is 9.57 Å². The summed E-state index contributed by atoms with van der Waals surface area (Å²) in [6, 6.07) is 1.35. The minimum atomic E-state index is 0.543. The molecule has 0 spiro atoms. The molecular weight excluding hydrogens is 192 g/mol. The molecule has 1 N–H and O–H groups in total. The first-order chi connectivity index (χ1) is 7.40. The molecule has 2 heterocycles. The Balaban J connectivity index is 1.62. The van der Waals surface area contributed by atoms with E-state index in [0.717, 1.165) is 6.04 Å². The molecule has 0 aromatic rings. The van der Waals surface area contributed by atoms with Gasteiger partial charge in [0.15, 0.2) is 0 Å². The SMILES string of the molecule is COCCONC1CCN2CCCC2C1. The van der Waals surface area contributed by atoms with Gasteiger partial charge in [-0.25, -0.2) is 0 Å². The Morgan fingerprint density at radius 2 is 2.20 bits per heavy atom. The van der Waals surface area contributed by atoms with E-state index in [2.05, 4.69) is 10.4 Å². The van der Waals surface area contributed by atoms with Crippen LogP contribution in [0, 0.1) is 0 Å². The molecule has 2 saturated heterocycles. The van der Waals surface area contributed by atoms with Gasteiger partial charge in [0.05, 0.1) is 13.2 Å². The lowest BCUT2D eigenvalue weighted by Gasteiger charge is -2.34. The van der Waals surface area contributed by atoms with Gasteiger partial charge in [-0.2, -0.15) is 5.48 Å². The van der Waals surface area contributed by atoms with Crippen molar-refractivity contribution in [3.63, 3.8) is 0 Å². The topological polar surface area (TPSA) is 33.7 Å². The molecule has 0 aromatic carbocycles. The van der Waals surface area contributed by atoms with Gasteiger partial charge < -0.3 is 9.64 Å². The predicted octanol–water partition coefficient (Wildman–Crippen LogP) is 0.781. The molecular formula is C11H22N2O2. The van der Waals surface area contributed by atoms with E-state index in [4.69, 9.17) is 9.57 Å². The monoisotopic (exact) mass is 214 g/mol. The zero-order valence-electron chi connectivity index (χ0n) is 9.58. The third-order valence-electron chi connectivity index (χ3n) is 3.46. The lowest BCUT2D eigenvalue weighted by atomic mass is 9.98. The fraction of sp³-hybridized carbons (Fsp3) is 1.00. The van der Waals surface area contributed by atoms with E-state index in [1.54, 1.807) is 7.11 Å². The molecule has 2 aliphatic rings. The van der Waals surface area contributed by atoms with Crippen molar-refractivity contribution in [2.75, 3.05) is 33.4 Å². The number of nitrogens with zero attached hydrogens (tertiary/aromatic N) is 1. The second-order valence-corrected chi connectivity index (χ2v) is 4.51. The molecule has 0 aromatic heterocycles. The fourth-order valence-corrected chi connectivity index (χ4v) is 2.63. The molecule has 0 saturated carbocycles. The molecule has 2 rings (SSSR count). The van der Waals surface area contributed by atoms with Gasteiger partial charge in [0.1, 0.15) is 0 Å². The van der Waals surface area contributed by atoms with Crippen LogP contribution in [0.3, 0.4) is 0 Å². The van der Waals surface area contributed by atoms with Gasteiger partial charge in [-0.05, 0) is 38.8 Å². The van der Waals surface area contributed by atoms with Gasteiger partial charge >= 0.3 is 0 Å². The lowest BCUT2D eigenvalue weighted by molar-refractivity contribution is -0.0274. The van der Waals surface area contributed by atoms with Gasteiger partial charge in [-0.1, -0.05) is 0 Å². The highest BCUT2D eigenvalue weighted by atomic mass is 16.7. The van der Waals surface area contributed by atoms with Gasteiger partial charge in [0.25, 0.3) is 0 Å². The zero-order valence-corrected chi connectivity index (χ0v) is 9.58. The number of methoxy groups -OCH3 is 1. The summed E-state index contributed by atoms with van der Waals surface area (Å²) in [5, 5.41) is 0. The predicted molar refractivity (Wildman–Crippen MR) is 58.6 cm³/mol. The smallest absolute Gasteiger partial charge is 0.0915 e. The van der Waals surface area contributed by atoms with Crippen molar-refractivity contribution >= 4 is 0 Å². The number of hydroxylamine groups is 1. The highest BCUT2D eigenvalue weighted by molar-refractivity contribution is 4.88. The van der Waals surface area contributed by atoms with Crippen molar-refractivity contribution in [2.24, 2.45) is 0 Å². The molecule has 0 radical (unpaired) electrons. The molecule has 2 atom stereocenters. The van der Waals surface area contributed by atoms with E-state index in [9.17, 15) is 0 Å². The molecule has 0 aliphatic carbocycles. The summed E-state index contributed by atoms with van der Waals surface area (Å²) in [6.45, 7) is 3.84. The maximum atomic E-state index is 5.37. The van der Waals surface area contributed by atoms with Crippen molar-refractivity contribution < 1.29 is 9.57 Å². The van der Waals surface area contributed by atoms with Crippen LogP contribution >= 0.6 is 0 Å². The van der Waals surface area contributed by atoms with Crippen LogP contribution in [0.5, 0.6) is 0 Å². The Bertz CT molecular complexity index is 189. The van der Waals surface area contributed by atoms with E-state index in [-0.39, 0.29) is 0 Å². The lowest BCUT2D eigenvalue weighted by Crippen LogP contribution is -2.45.